The Morgan fingerprint density at radius 3 is 2.50 bits per heavy atom. The van der Waals surface area contributed by atoms with E-state index in [4.69, 9.17) is 4.74 Å². The molecule has 2 saturated carbocycles. The normalized spacial score (nSPS) is 26.8. The van der Waals surface area contributed by atoms with Gasteiger partial charge < -0.3 is 14.7 Å². The summed E-state index contributed by atoms with van der Waals surface area (Å²) < 4.78 is 34.0. The topological polar surface area (TPSA) is 84.3 Å². The van der Waals surface area contributed by atoms with Crippen LogP contribution in [0.3, 0.4) is 0 Å². The fourth-order valence-corrected chi connectivity index (χ4v) is 6.28. The monoisotopic (exact) mass is 577 g/mol. The quantitative estimate of drug-likeness (QED) is 0.212. The molecule has 3 aromatic rings. The van der Waals surface area contributed by atoms with E-state index < -0.39 is 15.6 Å². The molecule has 0 amide bonds. The number of rotatable bonds is 6. The number of thiol groups is 3. The summed E-state index contributed by atoms with van der Waals surface area (Å²) in [6.07, 6.45) is 5.15. The van der Waals surface area contributed by atoms with Gasteiger partial charge in [0.1, 0.15) is 17.7 Å². The van der Waals surface area contributed by atoms with Crippen LogP contribution in [0.5, 0.6) is 11.6 Å². The molecule has 4 atom stereocenters. The number of alkyl halides is 1. The van der Waals surface area contributed by atoms with Gasteiger partial charge in [0.25, 0.3) is 0 Å². The minimum atomic E-state index is -1.41. The summed E-state index contributed by atoms with van der Waals surface area (Å²) in [5, 5.41) is 19.2. The van der Waals surface area contributed by atoms with Crippen molar-refractivity contribution < 1.29 is 18.6 Å². The van der Waals surface area contributed by atoms with Crippen LogP contribution in [0.1, 0.15) is 39.5 Å². The zero-order valence-electron chi connectivity index (χ0n) is 21.1. The number of anilines is 1. The van der Waals surface area contributed by atoms with Gasteiger partial charge in [0.05, 0.1) is 24.0 Å². The molecule has 202 valence electrons. The first kappa shape index (κ1) is 27.3. The van der Waals surface area contributed by atoms with E-state index >= 15 is 4.39 Å². The number of aromatic nitrogens is 4. The number of hydrogen-bond acceptors (Lipinski definition) is 10. The molecule has 0 unspecified atom stereocenters. The second-order valence-corrected chi connectivity index (χ2v) is 13.9. The Kier molecular flexibility index (Phi) is 6.96. The van der Waals surface area contributed by atoms with Crippen LogP contribution in [0, 0.1) is 16.6 Å². The van der Waals surface area contributed by atoms with Gasteiger partial charge in [0.2, 0.25) is 9.48 Å². The maximum Gasteiger partial charge on any atom is 0.242 e. The Hall–Kier alpha value is -2.31. The van der Waals surface area contributed by atoms with Crippen molar-refractivity contribution in [3.63, 3.8) is 0 Å². The molecular weight excluding hydrogens is 549 g/mol. The first-order chi connectivity index (χ1) is 17.8. The lowest BCUT2D eigenvalue weighted by Crippen LogP contribution is -2.52. The number of hydrogen-bond donors (Lipinski definition) is 4. The highest BCUT2D eigenvalue weighted by Crippen LogP contribution is 2.59. The van der Waals surface area contributed by atoms with Gasteiger partial charge in [-0.25, -0.2) is 18.7 Å². The Morgan fingerprint density at radius 2 is 1.84 bits per heavy atom. The van der Waals surface area contributed by atoms with Gasteiger partial charge in [-0.15, -0.1) is 48.1 Å². The van der Waals surface area contributed by atoms with Crippen molar-refractivity contribution in [1.29, 1.82) is 0 Å². The van der Waals surface area contributed by atoms with Gasteiger partial charge >= 0.3 is 0 Å². The summed E-state index contributed by atoms with van der Waals surface area (Å²) >= 11 is 12.1. The lowest BCUT2D eigenvalue weighted by molar-refractivity contribution is 0.0380. The van der Waals surface area contributed by atoms with Crippen LogP contribution in [0.15, 0.2) is 36.7 Å². The van der Waals surface area contributed by atoms with Crippen molar-refractivity contribution in [1.82, 2.24) is 20.2 Å². The van der Waals surface area contributed by atoms with Crippen molar-refractivity contribution in [2.75, 3.05) is 11.9 Å². The van der Waals surface area contributed by atoms with Gasteiger partial charge in [-0.3, -0.25) is 0 Å². The van der Waals surface area contributed by atoms with E-state index in [0.29, 0.717) is 16.9 Å². The second kappa shape index (κ2) is 9.71. The molecule has 0 aliphatic heterocycles. The Morgan fingerprint density at radius 1 is 1.08 bits per heavy atom. The number of phenolic OH excluding ortho intramolecular Hbond substituents is 1. The summed E-state index contributed by atoms with van der Waals surface area (Å²) in [5.74, 6) is -0.0601. The van der Waals surface area contributed by atoms with Crippen molar-refractivity contribution in [2.45, 2.75) is 55.3 Å². The number of ether oxygens (including phenoxy) is 1. The number of pyridine rings is 1. The number of phenols is 1. The first-order valence-corrected chi connectivity index (χ1v) is 13.5. The van der Waals surface area contributed by atoms with E-state index in [1.54, 1.807) is 12.1 Å². The molecule has 38 heavy (non-hydrogen) atoms. The van der Waals surface area contributed by atoms with E-state index in [1.165, 1.54) is 18.3 Å². The van der Waals surface area contributed by atoms with Crippen molar-refractivity contribution in [2.24, 2.45) is 10.8 Å². The summed E-state index contributed by atoms with van der Waals surface area (Å²) in [6, 6.07) is 5.63. The van der Waals surface area contributed by atoms with Crippen LogP contribution in [0.2, 0.25) is 0 Å². The van der Waals surface area contributed by atoms with Crippen LogP contribution in [0.25, 0.3) is 22.5 Å². The molecule has 1 aromatic carbocycles. The highest BCUT2D eigenvalue weighted by Gasteiger charge is 2.56. The number of fused-ring (bicyclic) bond motifs is 2. The average Bonchev–Trinajstić information content (AvgIpc) is 3.13. The number of benzene rings is 1. The van der Waals surface area contributed by atoms with E-state index in [2.05, 4.69) is 65.0 Å². The van der Waals surface area contributed by atoms with Crippen LogP contribution >= 0.6 is 37.9 Å². The predicted molar refractivity (Wildman–Crippen MR) is 152 cm³/mol. The Balaban J connectivity index is 1.37. The first-order valence-electron chi connectivity index (χ1n) is 12.2. The zero-order valence-corrected chi connectivity index (χ0v) is 23.8. The van der Waals surface area contributed by atoms with Gasteiger partial charge in [-0.05, 0) is 48.8 Å². The standard InChI is InChI=1S/C26H29F2N5O2S3/c1-24-6-7-25(2,13-24)22(28)18(10-24)33(3)20-12-30-23(32-31-20)15-5-4-14(8-19(15)34)16-9-21(29-11-17(16)27)35-26(36,37)38/h4-5,8-9,11-12,18,22,34,36-38H,6-7,10,13H2,1-3H3/t18-,22-,24-,25-/m0/s1. The molecular formula is C26H29F2N5O2S3. The van der Waals surface area contributed by atoms with E-state index in [1.807, 2.05) is 18.9 Å². The third-order valence-electron chi connectivity index (χ3n) is 7.87. The van der Waals surface area contributed by atoms with E-state index in [-0.39, 0.29) is 39.9 Å². The molecule has 1 N–H and O–H groups in total. The Bertz CT molecular complexity index is 1360. The molecule has 0 radical (unpaired) electrons. The molecule has 2 aliphatic rings. The molecule has 2 bridgehead atoms. The molecule has 2 fully saturated rings. The summed E-state index contributed by atoms with van der Waals surface area (Å²) in [5.41, 5.74) is 0.654. The highest BCUT2D eigenvalue weighted by molar-refractivity contribution is 8.16. The average molecular weight is 578 g/mol. The molecule has 0 spiro atoms. The van der Waals surface area contributed by atoms with E-state index in [9.17, 15) is 9.50 Å². The minimum Gasteiger partial charge on any atom is -0.507 e. The van der Waals surface area contributed by atoms with Gasteiger partial charge in [-0.2, -0.15) is 0 Å². The maximum absolute atomic E-state index is 15.5. The van der Waals surface area contributed by atoms with Crippen molar-refractivity contribution in [3.05, 3.63) is 42.5 Å². The van der Waals surface area contributed by atoms with Crippen LogP contribution in [-0.4, -0.2) is 48.1 Å². The molecule has 2 heterocycles. The minimum absolute atomic E-state index is 0.0571. The second-order valence-electron chi connectivity index (χ2n) is 11.0. The molecule has 2 aromatic heterocycles. The van der Waals surface area contributed by atoms with Gasteiger partial charge in [0.15, 0.2) is 11.6 Å². The summed E-state index contributed by atoms with van der Waals surface area (Å²) in [4.78, 5) is 10.1. The summed E-state index contributed by atoms with van der Waals surface area (Å²) in [6.45, 7) is 4.28. The van der Waals surface area contributed by atoms with Crippen LogP contribution < -0.4 is 9.64 Å². The highest BCUT2D eigenvalue weighted by atomic mass is 32.2. The van der Waals surface area contributed by atoms with Crippen LogP contribution in [-0.2, 0) is 0 Å². The number of nitrogens with zero attached hydrogens (tertiary/aromatic N) is 5. The lowest BCUT2D eigenvalue weighted by atomic mass is 9.67. The Labute approximate surface area is 236 Å². The third kappa shape index (κ3) is 5.27. The predicted octanol–water partition coefficient (Wildman–Crippen LogP) is 5.97. The lowest BCUT2D eigenvalue weighted by Gasteiger charge is -2.46. The molecule has 7 nitrogen and oxygen atoms in total. The maximum atomic E-state index is 15.5. The van der Waals surface area contributed by atoms with Gasteiger partial charge in [-0.1, -0.05) is 19.9 Å². The van der Waals surface area contributed by atoms with Crippen molar-refractivity contribution in [3.8, 4) is 34.1 Å². The van der Waals surface area contributed by atoms with Gasteiger partial charge in [0, 0.05) is 24.1 Å². The molecule has 12 heteroatoms. The molecule has 2 aliphatic carbocycles. The van der Waals surface area contributed by atoms with Crippen LogP contribution in [0.4, 0.5) is 14.6 Å². The van der Waals surface area contributed by atoms with E-state index in [0.717, 1.165) is 31.9 Å². The fraction of sp³-hybridized carbons (Fsp3) is 0.462. The SMILES string of the molecule is CN(c1cnc(-c2ccc(-c3cc(OC(S)(S)S)ncc3F)cc2O)nn1)[C@H]1C[C@]2(C)CC[C@@](C)(C2)[C@H]1F. The number of aromatic hydroxyl groups is 1. The largest absolute Gasteiger partial charge is 0.507 e. The molecule has 0 saturated heterocycles. The molecule has 5 rings (SSSR count). The zero-order chi connectivity index (χ0) is 27.5. The third-order valence-corrected chi connectivity index (χ3v) is 8.14. The van der Waals surface area contributed by atoms with Crippen molar-refractivity contribution >= 4 is 43.7 Å². The number of halogens is 2. The smallest absolute Gasteiger partial charge is 0.242 e. The summed E-state index contributed by atoms with van der Waals surface area (Å²) in [7, 11) is 1.83. The fourth-order valence-electron chi connectivity index (χ4n) is 6.00.